The number of phenolic OH excluding ortho intramolecular Hbond substituents is 2. The first-order valence-electron chi connectivity index (χ1n) is 6.05. The molecule has 0 spiro atoms. The summed E-state index contributed by atoms with van der Waals surface area (Å²) in [4.78, 5) is 10.8. The van der Waals surface area contributed by atoms with E-state index < -0.39 is 5.91 Å². The largest absolute Gasteiger partial charge is 0.508 e. The first-order valence-corrected chi connectivity index (χ1v) is 6.05. The van der Waals surface area contributed by atoms with Crippen LogP contribution >= 0.6 is 0 Å². The lowest BCUT2D eigenvalue weighted by molar-refractivity contribution is -0.118. The summed E-state index contributed by atoms with van der Waals surface area (Å²) in [7, 11) is 0. The zero-order valence-electron chi connectivity index (χ0n) is 10.9. The number of nitrogens with two attached hydrogens (primary N) is 1. The molecule has 0 aliphatic carbocycles. The van der Waals surface area contributed by atoms with Crippen LogP contribution in [0.2, 0.25) is 0 Å². The van der Waals surface area contributed by atoms with Crippen molar-refractivity contribution in [3.05, 3.63) is 36.2 Å². The zero-order chi connectivity index (χ0) is 14.7. The number of benzene rings is 1. The van der Waals surface area contributed by atoms with E-state index in [4.69, 9.17) is 5.73 Å². The summed E-state index contributed by atoms with van der Waals surface area (Å²) in [5, 5.41) is 26.2. The number of carbonyl (C=O) groups excluding carboxylic acids is 1. The van der Waals surface area contributed by atoms with E-state index in [2.05, 4.69) is 10.4 Å². The standard InChI is InChI=1S/C13H16N4O3/c1-8(11-3-2-10(18)4-12(11)19)16-9-5-15-17(6-9)7-13(14)20/h2-6,8,16,18-19H,7H2,1H3,(H2,14,20). The van der Waals surface area contributed by atoms with Crippen molar-refractivity contribution in [1.82, 2.24) is 9.78 Å². The molecular formula is C13H16N4O3. The summed E-state index contributed by atoms with van der Waals surface area (Å²) in [5.74, 6) is -0.453. The first-order chi connectivity index (χ1) is 9.45. The molecular weight excluding hydrogens is 260 g/mol. The van der Waals surface area contributed by atoms with Crippen LogP contribution in [0.1, 0.15) is 18.5 Å². The maximum atomic E-state index is 10.8. The Kier molecular flexibility index (Phi) is 3.79. The minimum Gasteiger partial charge on any atom is -0.508 e. The predicted octanol–water partition coefficient (Wildman–Crippen LogP) is 0.953. The van der Waals surface area contributed by atoms with E-state index in [9.17, 15) is 15.0 Å². The minimum atomic E-state index is -0.469. The maximum absolute atomic E-state index is 10.8. The molecule has 2 aromatic rings. The molecule has 20 heavy (non-hydrogen) atoms. The van der Waals surface area contributed by atoms with Gasteiger partial charge in [-0.25, -0.2) is 0 Å². The molecule has 7 heteroatoms. The summed E-state index contributed by atoms with van der Waals surface area (Å²) in [6.45, 7) is 1.87. The van der Waals surface area contributed by atoms with Gasteiger partial charge in [-0.2, -0.15) is 5.10 Å². The molecule has 2 rings (SSSR count). The Morgan fingerprint density at radius 3 is 2.90 bits per heavy atom. The molecule has 0 saturated carbocycles. The van der Waals surface area contributed by atoms with Crippen LogP contribution in [0, 0.1) is 0 Å². The average Bonchev–Trinajstić information content (AvgIpc) is 2.75. The van der Waals surface area contributed by atoms with Gasteiger partial charge in [0.1, 0.15) is 18.0 Å². The molecule has 0 fully saturated rings. The Morgan fingerprint density at radius 1 is 1.50 bits per heavy atom. The van der Waals surface area contributed by atoms with Gasteiger partial charge in [-0.1, -0.05) is 0 Å². The smallest absolute Gasteiger partial charge is 0.239 e. The molecule has 0 aliphatic heterocycles. The van der Waals surface area contributed by atoms with Crippen LogP contribution < -0.4 is 11.1 Å². The molecule has 1 aromatic heterocycles. The van der Waals surface area contributed by atoms with Crippen LogP contribution in [0.4, 0.5) is 5.69 Å². The monoisotopic (exact) mass is 276 g/mol. The lowest BCUT2D eigenvalue weighted by atomic mass is 10.1. The number of nitrogens with zero attached hydrogens (tertiary/aromatic N) is 2. The fraction of sp³-hybridized carbons (Fsp3) is 0.231. The number of carbonyl (C=O) groups is 1. The fourth-order valence-electron chi connectivity index (χ4n) is 1.91. The fourth-order valence-corrected chi connectivity index (χ4v) is 1.91. The van der Waals surface area contributed by atoms with Gasteiger partial charge in [0.2, 0.25) is 5.91 Å². The third kappa shape index (κ3) is 3.19. The SMILES string of the molecule is CC(Nc1cnn(CC(N)=O)c1)c1ccc(O)cc1O. The molecule has 1 amide bonds. The zero-order valence-corrected chi connectivity index (χ0v) is 10.9. The van der Waals surface area contributed by atoms with Gasteiger partial charge >= 0.3 is 0 Å². The Labute approximate surface area is 115 Å². The predicted molar refractivity (Wildman–Crippen MR) is 73.2 cm³/mol. The Morgan fingerprint density at radius 2 is 2.25 bits per heavy atom. The van der Waals surface area contributed by atoms with Gasteiger partial charge < -0.3 is 21.3 Å². The van der Waals surface area contributed by atoms with Gasteiger partial charge in [0, 0.05) is 17.8 Å². The number of hydrogen-bond donors (Lipinski definition) is 4. The minimum absolute atomic E-state index is 0.00716. The summed E-state index contributed by atoms with van der Waals surface area (Å²) in [6, 6.07) is 4.23. The van der Waals surface area contributed by atoms with Gasteiger partial charge in [0.25, 0.3) is 0 Å². The van der Waals surface area contributed by atoms with Crippen LogP contribution in [0.25, 0.3) is 0 Å². The third-order valence-electron chi connectivity index (χ3n) is 2.81. The maximum Gasteiger partial charge on any atom is 0.239 e. The quantitative estimate of drug-likeness (QED) is 0.649. The highest BCUT2D eigenvalue weighted by atomic mass is 16.3. The van der Waals surface area contributed by atoms with E-state index in [0.717, 1.165) is 0 Å². The van der Waals surface area contributed by atoms with E-state index in [1.807, 2.05) is 6.92 Å². The second kappa shape index (κ2) is 5.52. The highest BCUT2D eigenvalue weighted by Crippen LogP contribution is 2.29. The van der Waals surface area contributed by atoms with E-state index in [-0.39, 0.29) is 24.1 Å². The highest BCUT2D eigenvalue weighted by Gasteiger charge is 2.12. The second-order valence-corrected chi connectivity index (χ2v) is 4.50. The number of anilines is 1. The van der Waals surface area contributed by atoms with Gasteiger partial charge in [-0.3, -0.25) is 9.48 Å². The molecule has 5 N–H and O–H groups in total. The van der Waals surface area contributed by atoms with Gasteiger partial charge in [0.15, 0.2) is 0 Å². The number of aromatic hydroxyl groups is 2. The van der Waals surface area contributed by atoms with Crippen molar-refractivity contribution in [1.29, 1.82) is 0 Å². The van der Waals surface area contributed by atoms with E-state index in [1.165, 1.54) is 16.8 Å². The van der Waals surface area contributed by atoms with Crippen molar-refractivity contribution in [2.24, 2.45) is 5.73 Å². The Balaban J connectivity index is 2.09. The van der Waals surface area contributed by atoms with Crippen molar-refractivity contribution in [2.45, 2.75) is 19.5 Å². The number of primary amides is 1. The van der Waals surface area contributed by atoms with E-state index in [0.29, 0.717) is 11.3 Å². The van der Waals surface area contributed by atoms with Crippen molar-refractivity contribution >= 4 is 11.6 Å². The van der Waals surface area contributed by atoms with Gasteiger partial charge in [0.05, 0.1) is 17.9 Å². The molecule has 106 valence electrons. The molecule has 1 aromatic carbocycles. The second-order valence-electron chi connectivity index (χ2n) is 4.50. The molecule has 0 radical (unpaired) electrons. The Hall–Kier alpha value is -2.70. The molecule has 1 unspecified atom stereocenters. The topological polar surface area (TPSA) is 113 Å². The molecule has 0 saturated heterocycles. The lowest BCUT2D eigenvalue weighted by Crippen LogP contribution is -2.18. The van der Waals surface area contributed by atoms with Crippen LogP contribution in [0.3, 0.4) is 0 Å². The average molecular weight is 276 g/mol. The van der Waals surface area contributed by atoms with Crippen LogP contribution in [0.5, 0.6) is 11.5 Å². The van der Waals surface area contributed by atoms with Crippen LogP contribution in [-0.2, 0) is 11.3 Å². The summed E-state index contributed by atoms with van der Waals surface area (Å²) in [6.07, 6.45) is 3.22. The summed E-state index contributed by atoms with van der Waals surface area (Å²) >= 11 is 0. The third-order valence-corrected chi connectivity index (χ3v) is 2.81. The first kappa shape index (κ1) is 13.7. The van der Waals surface area contributed by atoms with E-state index >= 15 is 0 Å². The van der Waals surface area contributed by atoms with Crippen molar-refractivity contribution in [2.75, 3.05) is 5.32 Å². The molecule has 1 heterocycles. The molecule has 0 aliphatic rings. The molecule has 7 nitrogen and oxygen atoms in total. The number of nitrogens with one attached hydrogen (secondary N) is 1. The highest BCUT2D eigenvalue weighted by molar-refractivity contribution is 5.73. The summed E-state index contributed by atoms with van der Waals surface area (Å²) < 4.78 is 1.42. The molecule has 0 bridgehead atoms. The number of phenols is 2. The van der Waals surface area contributed by atoms with Crippen LogP contribution in [-0.4, -0.2) is 25.9 Å². The Bertz CT molecular complexity index is 624. The number of amides is 1. The number of rotatable bonds is 5. The number of hydrogen-bond acceptors (Lipinski definition) is 5. The van der Waals surface area contributed by atoms with Gasteiger partial charge in [-0.05, 0) is 19.1 Å². The normalized spacial score (nSPS) is 12.1. The van der Waals surface area contributed by atoms with Gasteiger partial charge in [-0.15, -0.1) is 0 Å². The lowest BCUT2D eigenvalue weighted by Gasteiger charge is -2.15. The van der Waals surface area contributed by atoms with Crippen molar-refractivity contribution in [3.8, 4) is 11.5 Å². The molecule has 1 atom stereocenters. The van der Waals surface area contributed by atoms with Crippen molar-refractivity contribution in [3.63, 3.8) is 0 Å². The number of aromatic nitrogens is 2. The van der Waals surface area contributed by atoms with E-state index in [1.54, 1.807) is 18.5 Å². The van der Waals surface area contributed by atoms with Crippen LogP contribution in [0.15, 0.2) is 30.6 Å². The van der Waals surface area contributed by atoms with Crippen molar-refractivity contribution < 1.29 is 15.0 Å². The summed E-state index contributed by atoms with van der Waals surface area (Å²) in [5.41, 5.74) is 6.43.